The van der Waals surface area contributed by atoms with Gasteiger partial charge in [-0.05, 0) is 59.1 Å². The van der Waals surface area contributed by atoms with Crippen molar-refractivity contribution in [3.63, 3.8) is 0 Å². The second-order valence-corrected chi connectivity index (χ2v) is 13.2. The molecule has 1 fully saturated rings. The zero-order chi connectivity index (χ0) is 32.9. The van der Waals surface area contributed by atoms with Crippen LogP contribution in [0, 0.1) is 0 Å². The fourth-order valence-electron chi connectivity index (χ4n) is 4.29. The maximum absolute atomic E-state index is 10.1. The number of hydrogen-bond acceptors (Lipinski definition) is 7. The molecule has 1 unspecified atom stereocenters. The fourth-order valence-corrected chi connectivity index (χ4v) is 5.46. The first-order valence-electron chi connectivity index (χ1n) is 13.4. The second kappa shape index (κ2) is 18.2. The van der Waals surface area contributed by atoms with Crippen LogP contribution in [0.1, 0.15) is 74.7 Å². The Morgan fingerprint density at radius 1 is 0.773 bits per heavy atom. The summed E-state index contributed by atoms with van der Waals surface area (Å²) in [5, 5.41) is 15.6. The highest BCUT2D eigenvalue weighted by Crippen LogP contribution is 2.30. The number of nitrogens with zero attached hydrogens (tertiary/aromatic N) is 4. The number of carbonyl (C=O) groups excluding carboxylic acids is 1. The van der Waals surface area contributed by atoms with E-state index in [0.717, 1.165) is 6.29 Å². The Morgan fingerprint density at radius 2 is 1.30 bits per heavy atom. The molecule has 3 heterocycles. The highest BCUT2D eigenvalue weighted by atomic mass is 35.5. The summed E-state index contributed by atoms with van der Waals surface area (Å²) in [6, 6.07) is 13.8. The van der Waals surface area contributed by atoms with E-state index < -0.39 is 6.10 Å². The van der Waals surface area contributed by atoms with Crippen molar-refractivity contribution >= 4 is 75.9 Å². The van der Waals surface area contributed by atoms with E-state index in [0.29, 0.717) is 42.6 Å². The molecule has 0 radical (unpaired) electrons. The fraction of sp³-hybridized carbons (Fsp3) is 0.323. The lowest BCUT2D eigenvalue weighted by molar-refractivity contribution is 0.112. The van der Waals surface area contributed by atoms with Crippen molar-refractivity contribution in [3.8, 4) is 0 Å². The molecule has 0 amide bonds. The minimum absolute atomic E-state index is 0.0601. The number of piperidine rings is 1. The van der Waals surface area contributed by atoms with Gasteiger partial charge in [-0.15, -0.1) is 0 Å². The van der Waals surface area contributed by atoms with Gasteiger partial charge in [0.05, 0.1) is 23.6 Å². The monoisotopic (exact) mass is 717 g/mol. The van der Waals surface area contributed by atoms with Gasteiger partial charge < -0.3 is 10.4 Å². The van der Waals surface area contributed by atoms with Gasteiger partial charge in [-0.25, -0.2) is 9.97 Å². The molecule has 1 aliphatic heterocycles. The highest BCUT2D eigenvalue weighted by molar-refractivity contribution is 6.33. The van der Waals surface area contributed by atoms with Crippen LogP contribution >= 0.6 is 69.6 Å². The summed E-state index contributed by atoms with van der Waals surface area (Å²) >= 11 is 33.8. The molecule has 1 aliphatic rings. The number of aliphatic hydroxyl groups excluding tert-OH is 1. The summed E-state index contributed by atoms with van der Waals surface area (Å²) < 4.78 is 0. The minimum atomic E-state index is -1.03. The molecule has 2 N–H and O–H groups in total. The molecule has 0 spiro atoms. The van der Waals surface area contributed by atoms with Crippen molar-refractivity contribution in [2.45, 2.75) is 64.1 Å². The average Bonchev–Trinajstić information content (AvgIpc) is 2.93. The second-order valence-electron chi connectivity index (χ2n) is 10.8. The normalized spacial score (nSPS) is 15.2. The summed E-state index contributed by atoms with van der Waals surface area (Å²) in [6.45, 7) is 9.14. The van der Waals surface area contributed by atoms with E-state index in [1.165, 1.54) is 37.9 Å². The quantitative estimate of drug-likeness (QED) is 0.203. The maximum atomic E-state index is 10.1. The van der Waals surface area contributed by atoms with Crippen LogP contribution in [0.15, 0.2) is 67.1 Å². The molecule has 4 aromatic rings. The minimum Gasteiger partial charge on any atom is -0.382 e. The van der Waals surface area contributed by atoms with Crippen LogP contribution in [0.25, 0.3) is 0 Å². The molecule has 2 aromatic carbocycles. The molecular weight excluding hydrogens is 687 g/mol. The summed E-state index contributed by atoms with van der Waals surface area (Å²) in [4.78, 5) is 25.2. The average molecular weight is 720 g/mol. The van der Waals surface area contributed by atoms with E-state index in [1.807, 2.05) is 0 Å². The molecule has 44 heavy (non-hydrogen) atoms. The molecule has 0 bridgehead atoms. The van der Waals surface area contributed by atoms with Gasteiger partial charge in [0, 0.05) is 27.2 Å². The number of aldehydes is 1. The predicted molar refractivity (Wildman–Crippen MR) is 182 cm³/mol. The van der Waals surface area contributed by atoms with Gasteiger partial charge in [0.15, 0.2) is 11.4 Å². The van der Waals surface area contributed by atoms with Gasteiger partial charge in [0.25, 0.3) is 0 Å². The molecule has 1 saturated heterocycles. The molecule has 2 aromatic heterocycles. The number of nitrogens with one attached hydrogen (secondary N) is 1. The molecule has 5 rings (SSSR count). The topological polar surface area (TPSA) is 101 Å². The van der Waals surface area contributed by atoms with E-state index in [2.05, 4.69) is 52.9 Å². The Labute approximate surface area is 288 Å². The predicted octanol–water partition coefficient (Wildman–Crippen LogP) is 9.77. The molecule has 1 atom stereocenters. The van der Waals surface area contributed by atoms with E-state index in [-0.39, 0.29) is 16.0 Å². The zero-order valence-corrected chi connectivity index (χ0v) is 29.1. The summed E-state index contributed by atoms with van der Waals surface area (Å²) in [5.41, 5.74) is 2.01. The largest absolute Gasteiger partial charge is 0.382 e. The molecular formula is C31H33Cl6N5O2. The van der Waals surface area contributed by atoms with Crippen molar-refractivity contribution in [1.29, 1.82) is 0 Å². The molecule has 236 valence electrons. The third-order valence-electron chi connectivity index (χ3n) is 6.07. The van der Waals surface area contributed by atoms with Crippen LogP contribution in [0.3, 0.4) is 0 Å². The van der Waals surface area contributed by atoms with Crippen LogP contribution in [-0.2, 0) is 0 Å². The Morgan fingerprint density at radius 3 is 1.70 bits per heavy atom. The van der Waals surface area contributed by atoms with Gasteiger partial charge in [-0.1, -0.05) is 106 Å². The van der Waals surface area contributed by atoms with Crippen molar-refractivity contribution in [1.82, 2.24) is 25.3 Å². The van der Waals surface area contributed by atoms with E-state index in [4.69, 9.17) is 69.6 Å². The van der Waals surface area contributed by atoms with Gasteiger partial charge in [0.2, 0.25) is 0 Å². The lowest BCUT2D eigenvalue weighted by Gasteiger charge is -2.42. The summed E-state index contributed by atoms with van der Waals surface area (Å²) in [6.07, 6.45) is 7.88. The first-order chi connectivity index (χ1) is 20.6. The SMILES string of the molecule is CC1(C)CCCC(C)(C)N1.Clc1cncc(Cl)n1.O=Cc1ccccc1Cl.OC(c1ccccc1Cl)c1ncc(Cl)nc1Cl. The van der Waals surface area contributed by atoms with Gasteiger partial charge in [-0.3, -0.25) is 14.8 Å². The number of halogens is 6. The standard InChI is InChI=1S/C11H7Cl3N2O.C9H19N.C7H5ClO.C4H2Cl2N2/c12-7-4-2-1-3-6(7)10(17)9-11(14)16-8(13)5-15-9;1-8(2)6-5-7-9(3,4)10-8;8-7-4-2-1-3-6(7)5-9;5-3-1-7-2-4(6)8-3/h1-5,10,17H;10H,5-7H2,1-4H3;1-5H;1-2H. The van der Waals surface area contributed by atoms with Crippen molar-refractivity contribution in [2.24, 2.45) is 0 Å². The summed E-state index contributed by atoms with van der Waals surface area (Å²) in [5.74, 6) is 0. The third-order valence-corrected chi connectivity index (χ3v) is 7.59. The molecule has 7 nitrogen and oxygen atoms in total. The van der Waals surface area contributed by atoms with Crippen molar-refractivity contribution < 1.29 is 9.90 Å². The lowest BCUT2D eigenvalue weighted by Crippen LogP contribution is -2.55. The van der Waals surface area contributed by atoms with Crippen LogP contribution in [0.5, 0.6) is 0 Å². The Hall–Kier alpha value is -2.07. The van der Waals surface area contributed by atoms with Gasteiger partial charge in [-0.2, -0.15) is 0 Å². The van der Waals surface area contributed by atoms with Crippen LogP contribution in [-0.4, -0.2) is 42.4 Å². The molecule has 0 saturated carbocycles. The van der Waals surface area contributed by atoms with Crippen molar-refractivity contribution in [3.05, 3.63) is 115 Å². The van der Waals surface area contributed by atoms with Crippen LogP contribution < -0.4 is 5.32 Å². The molecule has 13 heteroatoms. The number of carbonyl (C=O) groups is 1. The Bertz CT molecular complexity index is 1470. The van der Waals surface area contributed by atoms with E-state index in [9.17, 15) is 9.90 Å². The van der Waals surface area contributed by atoms with Crippen LogP contribution in [0.2, 0.25) is 30.7 Å². The highest BCUT2D eigenvalue weighted by Gasteiger charge is 2.31. The first kappa shape index (κ1) is 38.1. The Balaban J connectivity index is 0.000000216. The number of benzene rings is 2. The first-order valence-corrected chi connectivity index (χ1v) is 15.6. The van der Waals surface area contributed by atoms with Crippen LogP contribution in [0.4, 0.5) is 0 Å². The third kappa shape index (κ3) is 13.5. The lowest BCUT2D eigenvalue weighted by atomic mass is 9.83. The molecule has 0 aliphatic carbocycles. The zero-order valence-electron chi connectivity index (χ0n) is 24.5. The summed E-state index contributed by atoms with van der Waals surface area (Å²) in [7, 11) is 0. The number of rotatable bonds is 3. The van der Waals surface area contributed by atoms with E-state index >= 15 is 0 Å². The van der Waals surface area contributed by atoms with Crippen molar-refractivity contribution in [2.75, 3.05) is 0 Å². The van der Waals surface area contributed by atoms with Gasteiger partial charge >= 0.3 is 0 Å². The smallest absolute Gasteiger partial charge is 0.155 e. The number of aromatic nitrogens is 4. The van der Waals surface area contributed by atoms with E-state index in [1.54, 1.807) is 48.5 Å². The number of aliphatic hydroxyl groups is 1. The number of hydrogen-bond donors (Lipinski definition) is 2. The Kier molecular flexibility index (Phi) is 15.7. The van der Waals surface area contributed by atoms with Gasteiger partial charge in [0.1, 0.15) is 27.3 Å². The maximum Gasteiger partial charge on any atom is 0.155 e.